The zero-order valence-electron chi connectivity index (χ0n) is 14.9. The first kappa shape index (κ1) is 22.8. The van der Waals surface area contributed by atoms with Crippen LogP contribution in [-0.2, 0) is 33.4 Å². The molecule has 12 heteroatoms. The molecule has 0 saturated carbocycles. The zero-order chi connectivity index (χ0) is 20.9. The molecule has 6 atom stereocenters. The van der Waals surface area contributed by atoms with Gasteiger partial charge in [-0.15, -0.1) is 0 Å². The molecule has 0 aromatic heterocycles. The lowest BCUT2D eigenvalue weighted by atomic mass is 9.88. The Morgan fingerprint density at radius 2 is 1.78 bits per heavy atom. The van der Waals surface area contributed by atoms with Crippen LogP contribution in [0.4, 0.5) is 0 Å². The second kappa shape index (κ2) is 9.08. The number of carbonyl (C=O) groups is 4. The number of rotatable bonds is 7. The lowest BCUT2D eigenvalue weighted by Crippen LogP contribution is -2.68. The summed E-state index contributed by atoms with van der Waals surface area (Å²) in [5.41, 5.74) is 0. The molecular formula is C15H23NO11. The number of hydrogen-bond donors (Lipinski definition) is 5. The molecule has 0 radical (unpaired) electrons. The largest absolute Gasteiger partial charge is 0.477 e. The summed E-state index contributed by atoms with van der Waals surface area (Å²) in [6.07, 6.45) is -7.49. The van der Waals surface area contributed by atoms with E-state index in [2.05, 4.69) is 10.1 Å². The summed E-state index contributed by atoms with van der Waals surface area (Å²) in [5, 5.41) is 42.1. The normalized spacial score (nSPS) is 29.9. The molecule has 1 heterocycles. The minimum atomic E-state index is -2.86. The van der Waals surface area contributed by atoms with Crippen LogP contribution in [0.15, 0.2) is 0 Å². The maximum Gasteiger partial charge on any atom is 0.364 e. The maximum absolute atomic E-state index is 11.5. The Balaban J connectivity index is 3.20. The topological polar surface area (TPSA) is 189 Å². The molecule has 0 spiro atoms. The van der Waals surface area contributed by atoms with Gasteiger partial charge in [0.2, 0.25) is 5.91 Å². The predicted molar refractivity (Wildman–Crippen MR) is 83.9 cm³/mol. The Labute approximate surface area is 154 Å². The molecule has 1 aliphatic heterocycles. The molecule has 1 rings (SSSR count). The molecule has 1 saturated heterocycles. The molecule has 1 amide bonds. The van der Waals surface area contributed by atoms with Gasteiger partial charge in [-0.05, 0) is 0 Å². The van der Waals surface area contributed by atoms with Gasteiger partial charge in [-0.1, -0.05) is 0 Å². The van der Waals surface area contributed by atoms with Crippen molar-refractivity contribution in [3.63, 3.8) is 0 Å². The number of hydrogen-bond acceptors (Lipinski definition) is 10. The first-order valence-electron chi connectivity index (χ1n) is 7.94. The van der Waals surface area contributed by atoms with E-state index in [4.69, 9.17) is 9.47 Å². The second-order valence-corrected chi connectivity index (χ2v) is 6.11. The van der Waals surface area contributed by atoms with Crippen LogP contribution in [0, 0.1) is 0 Å². The fourth-order valence-corrected chi connectivity index (χ4v) is 2.64. The number of amides is 1. The van der Waals surface area contributed by atoms with Gasteiger partial charge in [0, 0.05) is 20.8 Å². The van der Waals surface area contributed by atoms with Crippen LogP contribution in [0.25, 0.3) is 0 Å². The number of esters is 2. The monoisotopic (exact) mass is 393 g/mol. The molecule has 0 aromatic carbocycles. The average molecular weight is 393 g/mol. The number of aliphatic carboxylic acids is 1. The van der Waals surface area contributed by atoms with E-state index in [9.17, 15) is 39.6 Å². The van der Waals surface area contributed by atoms with E-state index in [0.29, 0.717) is 0 Å². The summed E-state index contributed by atoms with van der Waals surface area (Å²) in [7, 11) is 0. The summed E-state index contributed by atoms with van der Waals surface area (Å²) in [6, 6.07) is -1.30. The number of carbonyl (C=O) groups excluding carboxylic acids is 3. The average Bonchev–Trinajstić information content (AvgIpc) is 2.53. The molecule has 0 aromatic rings. The first-order valence-corrected chi connectivity index (χ1v) is 7.94. The van der Waals surface area contributed by atoms with Gasteiger partial charge in [-0.2, -0.15) is 0 Å². The van der Waals surface area contributed by atoms with E-state index in [1.807, 2.05) is 0 Å². The molecule has 1 aliphatic rings. The summed E-state index contributed by atoms with van der Waals surface area (Å²) < 4.78 is 14.6. The predicted octanol–water partition coefficient (Wildman–Crippen LogP) is -2.73. The smallest absolute Gasteiger partial charge is 0.364 e. The van der Waals surface area contributed by atoms with Gasteiger partial charge < -0.3 is 40.0 Å². The number of ether oxygens (including phenoxy) is 3. The number of aliphatic hydroxyl groups is 3. The zero-order valence-corrected chi connectivity index (χ0v) is 14.9. The molecule has 0 bridgehead atoms. The highest BCUT2D eigenvalue weighted by Gasteiger charge is 2.55. The van der Waals surface area contributed by atoms with E-state index in [1.54, 1.807) is 0 Å². The first-order chi connectivity index (χ1) is 12.4. The van der Waals surface area contributed by atoms with Crippen molar-refractivity contribution in [1.82, 2.24) is 5.32 Å². The third kappa shape index (κ3) is 6.13. The fraction of sp³-hybridized carbons (Fsp3) is 0.733. The molecule has 5 N–H and O–H groups in total. The van der Waals surface area contributed by atoms with Crippen molar-refractivity contribution in [1.29, 1.82) is 0 Å². The van der Waals surface area contributed by atoms with Gasteiger partial charge in [0.05, 0.1) is 12.5 Å². The summed E-state index contributed by atoms with van der Waals surface area (Å²) >= 11 is 0. The van der Waals surface area contributed by atoms with Crippen LogP contribution in [0.5, 0.6) is 0 Å². The quantitative estimate of drug-likeness (QED) is 0.282. The highest BCUT2D eigenvalue weighted by molar-refractivity contribution is 5.76. The molecule has 1 unspecified atom stereocenters. The molecular weight excluding hydrogens is 370 g/mol. The molecule has 12 nitrogen and oxygen atoms in total. The van der Waals surface area contributed by atoms with Gasteiger partial charge in [-0.3, -0.25) is 14.4 Å². The van der Waals surface area contributed by atoms with Gasteiger partial charge in [0.15, 0.2) is 0 Å². The Kier molecular flexibility index (Phi) is 7.65. The van der Waals surface area contributed by atoms with Crippen molar-refractivity contribution in [2.75, 3.05) is 6.61 Å². The van der Waals surface area contributed by atoms with Crippen LogP contribution >= 0.6 is 0 Å². The lowest BCUT2D eigenvalue weighted by Gasteiger charge is -2.45. The van der Waals surface area contributed by atoms with Gasteiger partial charge in [0.25, 0.3) is 5.79 Å². The van der Waals surface area contributed by atoms with E-state index in [0.717, 1.165) is 20.8 Å². The van der Waals surface area contributed by atoms with E-state index in [1.165, 1.54) is 0 Å². The minimum Gasteiger partial charge on any atom is -0.477 e. The van der Waals surface area contributed by atoms with Gasteiger partial charge in [0.1, 0.15) is 31.0 Å². The summed E-state index contributed by atoms with van der Waals surface area (Å²) in [4.78, 5) is 45.0. The van der Waals surface area contributed by atoms with Crippen LogP contribution in [-0.4, -0.2) is 87.1 Å². The lowest BCUT2D eigenvalue weighted by molar-refractivity contribution is -0.296. The highest BCUT2D eigenvalue weighted by atomic mass is 16.7. The Hall–Kier alpha value is -2.28. The van der Waals surface area contributed by atoms with Crippen LogP contribution in [0.2, 0.25) is 0 Å². The Bertz CT molecular complexity index is 594. The standard InChI is InChI=1S/C15H23NO11/c1-6(17)16-11-10(26-8(3)19)4-15(24,14(22)23)27-13(11)12(21)9(20)5-25-7(2)18/h9-13,20-21,24H,4-5H2,1-3H3,(H,16,17)(H,22,23)/t9-,10+,11-,12-,13-,15?/m1/s1. The third-order valence-corrected chi connectivity index (χ3v) is 3.77. The maximum atomic E-state index is 11.5. The van der Waals surface area contributed by atoms with Gasteiger partial charge >= 0.3 is 17.9 Å². The SMILES string of the molecule is CC(=O)N[C@H]1[C@H]([C@H](O)[C@H](O)COC(C)=O)OC(O)(C(=O)O)C[C@@H]1OC(C)=O. The van der Waals surface area contributed by atoms with Crippen molar-refractivity contribution in [3.05, 3.63) is 0 Å². The second-order valence-electron chi connectivity index (χ2n) is 6.11. The Morgan fingerprint density at radius 1 is 1.19 bits per heavy atom. The minimum absolute atomic E-state index is 0.631. The van der Waals surface area contributed by atoms with E-state index < -0.39 is 73.1 Å². The number of carboxylic acids is 1. The fourth-order valence-electron chi connectivity index (χ4n) is 2.64. The highest BCUT2D eigenvalue weighted by Crippen LogP contribution is 2.32. The summed E-state index contributed by atoms with van der Waals surface area (Å²) in [6.45, 7) is 2.55. The van der Waals surface area contributed by atoms with Crippen molar-refractivity contribution < 1.29 is 53.8 Å². The third-order valence-electron chi connectivity index (χ3n) is 3.77. The number of aliphatic hydroxyl groups excluding tert-OH is 2. The van der Waals surface area contributed by atoms with Crippen molar-refractivity contribution in [2.45, 2.75) is 63.4 Å². The Morgan fingerprint density at radius 3 is 2.22 bits per heavy atom. The van der Waals surface area contributed by atoms with Crippen molar-refractivity contribution >= 4 is 23.8 Å². The van der Waals surface area contributed by atoms with E-state index >= 15 is 0 Å². The van der Waals surface area contributed by atoms with Crippen LogP contribution in [0.1, 0.15) is 27.2 Å². The molecule has 27 heavy (non-hydrogen) atoms. The number of nitrogens with one attached hydrogen (secondary N) is 1. The molecule has 0 aliphatic carbocycles. The number of carboxylic acid groups (broad SMARTS) is 1. The van der Waals surface area contributed by atoms with Gasteiger partial charge in [-0.25, -0.2) is 4.79 Å². The summed E-state index contributed by atoms with van der Waals surface area (Å²) in [5.74, 6) is -6.90. The molecule has 1 fully saturated rings. The van der Waals surface area contributed by atoms with Crippen LogP contribution in [0.3, 0.4) is 0 Å². The van der Waals surface area contributed by atoms with E-state index in [-0.39, 0.29) is 0 Å². The van der Waals surface area contributed by atoms with Crippen LogP contribution < -0.4 is 5.32 Å². The van der Waals surface area contributed by atoms with Crippen molar-refractivity contribution in [2.24, 2.45) is 0 Å². The van der Waals surface area contributed by atoms with Crippen molar-refractivity contribution in [3.8, 4) is 0 Å². The molecule has 154 valence electrons.